The Morgan fingerprint density at radius 2 is 1.63 bits per heavy atom. The molecule has 0 aliphatic rings. The number of ether oxygens (including phenoxy) is 1. The lowest BCUT2D eigenvalue weighted by Crippen LogP contribution is -1.94. The standard InChI is InChI=1S/C22H18N4O/c1-16-8-14-24-21(15-16)26-18-4-6-19(7-5-18)27-22-20(3-2-11-25-22)17-9-12-23-13-10-17/h2-15H,1H3,(H,24,26). The van der Waals surface area contributed by atoms with E-state index in [4.69, 9.17) is 4.74 Å². The van der Waals surface area contributed by atoms with E-state index in [0.29, 0.717) is 11.6 Å². The summed E-state index contributed by atoms with van der Waals surface area (Å²) in [6, 6.07) is 19.4. The highest BCUT2D eigenvalue weighted by Crippen LogP contribution is 2.31. The second kappa shape index (κ2) is 7.66. The molecule has 0 unspecified atom stereocenters. The molecule has 1 N–H and O–H groups in total. The zero-order valence-corrected chi connectivity index (χ0v) is 14.8. The number of anilines is 2. The maximum absolute atomic E-state index is 6.01. The lowest BCUT2D eigenvalue weighted by atomic mass is 10.1. The van der Waals surface area contributed by atoms with Gasteiger partial charge in [0, 0.05) is 36.0 Å². The minimum Gasteiger partial charge on any atom is -0.438 e. The van der Waals surface area contributed by atoms with Gasteiger partial charge in [-0.25, -0.2) is 9.97 Å². The highest BCUT2D eigenvalue weighted by molar-refractivity contribution is 5.68. The van der Waals surface area contributed by atoms with Crippen LogP contribution in [0, 0.1) is 6.92 Å². The summed E-state index contributed by atoms with van der Waals surface area (Å²) in [5.41, 5.74) is 4.03. The molecule has 3 heterocycles. The Morgan fingerprint density at radius 3 is 2.41 bits per heavy atom. The van der Waals surface area contributed by atoms with Crippen molar-refractivity contribution < 1.29 is 4.74 Å². The summed E-state index contributed by atoms with van der Waals surface area (Å²) in [5.74, 6) is 2.09. The number of aromatic nitrogens is 3. The van der Waals surface area contributed by atoms with Crippen molar-refractivity contribution in [3.63, 3.8) is 0 Å². The van der Waals surface area contributed by atoms with Crippen molar-refractivity contribution in [3.8, 4) is 22.8 Å². The van der Waals surface area contributed by atoms with Gasteiger partial charge in [-0.3, -0.25) is 4.98 Å². The number of hydrogen-bond acceptors (Lipinski definition) is 5. The number of hydrogen-bond donors (Lipinski definition) is 1. The number of aryl methyl sites for hydroxylation is 1. The lowest BCUT2D eigenvalue weighted by molar-refractivity contribution is 0.465. The van der Waals surface area contributed by atoms with Gasteiger partial charge in [0.25, 0.3) is 0 Å². The van der Waals surface area contributed by atoms with Crippen molar-refractivity contribution in [1.82, 2.24) is 15.0 Å². The quantitative estimate of drug-likeness (QED) is 0.521. The molecular weight excluding hydrogens is 336 g/mol. The highest BCUT2D eigenvalue weighted by atomic mass is 16.5. The predicted octanol–water partition coefficient (Wildman–Crippen LogP) is 5.38. The normalized spacial score (nSPS) is 10.4. The van der Waals surface area contributed by atoms with E-state index in [1.54, 1.807) is 24.8 Å². The third-order valence-corrected chi connectivity index (χ3v) is 4.02. The summed E-state index contributed by atoms with van der Waals surface area (Å²) >= 11 is 0. The molecule has 0 aliphatic heterocycles. The molecule has 0 aliphatic carbocycles. The minimum absolute atomic E-state index is 0.560. The molecule has 0 saturated carbocycles. The SMILES string of the molecule is Cc1ccnc(Nc2ccc(Oc3ncccc3-c3ccncc3)cc2)c1. The van der Waals surface area contributed by atoms with E-state index in [1.807, 2.05) is 67.6 Å². The van der Waals surface area contributed by atoms with Crippen molar-refractivity contribution in [2.75, 3.05) is 5.32 Å². The van der Waals surface area contributed by atoms with Gasteiger partial charge < -0.3 is 10.1 Å². The molecule has 3 aromatic heterocycles. The molecule has 0 atom stereocenters. The fourth-order valence-electron chi connectivity index (χ4n) is 2.69. The summed E-state index contributed by atoms with van der Waals surface area (Å²) in [5, 5.41) is 3.28. The molecule has 0 radical (unpaired) electrons. The van der Waals surface area contributed by atoms with Gasteiger partial charge in [0.05, 0.1) is 0 Å². The summed E-state index contributed by atoms with van der Waals surface area (Å²) < 4.78 is 6.01. The Labute approximate surface area is 157 Å². The van der Waals surface area contributed by atoms with Crippen LogP contribution in [0.3, 0.4) is 0 Å². The molecular formula is C22H18N4O. The van der Waals surface area contributed by atoms with Crippen LogP contribution < -0.4 is 10.1 Å². The van der Waals surface area contributed by atoms with Gasteiger partial charge in [0.15, 0.2) is 0 Å². The predicted molar refractivity (Wildman–Crippen MR) is 106 cm³/mol. The molecule has 27 heavy (non-hydrogen) atoms. The molecule has 0 amide bonds. The molecule has 0 fully saturated rings. The molecule has 0 bridgehead atoms. The second-order valence-corrected chi connectivity index (χ2v) is 6.06. The highest BCUT2D eigenvalue weighted by Gasteiger charge is 2.08. The smallest absolute Gasteiger partial charge is 0.227 e. The zero-order valence-electron chi connectivity index (χ0n) is 14.8. The first-order valence-electron chi connectivity index (χ1n) is 8.61. The van der Waals surface area contributed by atoms with Gasteiger partial charge in [-0.15, -0.1) is 0 Å². The third-order valence-electron chi connectivity index (χ3n) is 4.02. The molecule has 5 heteroatoms. The van der Waals surface area contributed by atoms with E-state index in [9.17, 15) is 0 Å². The molecule has 0 saturated heterocycles. The summed E-state index contributed by atoms with van der Waals surface area (Å²) in [4.78, 5) is 12.8. The topological polar surface area (TPSA) is 59.9 Å². The van der Waals surface area contributed by atoms with Crippen LogP contribution in [0.25, 0.3) is 11.1 Å². The summed E-state index contributed by atoms with van der Waals surface area (Å²) in [6.07, 6.45) is 7.02. The van der Waals surface area contributed by atoms with Crippen LogP contribution in [0.5, 0.6) is 11.6 Å². The Balaban J connectivity index is 1.53. The van der Waals surface area contributed by atoms with Crippen LogP contribution in [0.15, 0.2) is 85.5 Å². The Hall–Kier alpha value is -3.73. The monoisotopic (exact) mass is 354 g/mol. The lowest BCUT2D eigenvalue weighted by Gasteiger charge is -2.11. The van der Waals surface area contributed by atoms with E-state index in [1.165, 1.54) is 0 Å². The summed E-state index contributed by atoms with van der Waals surface area (Å²) in [7, 11) is 0. The number of benzene rings is 1. The number of nitrogens with one attached hydrogen (secondary N) is 1. The van der Waals surface area contributed by atoms with E-state index < -0.39 is 0 Å². The molecule has 4 rings (SSSR count). The maximum Gasteiger partial charge on any atom is 0.227 e. The Kier molecular flexibility index (Phi) is 4.74. The zero-order chi connectivity index (χ0) is 18.5. The molecule has 0 spiro atoms. The minimum atomic E-state index is 0.560. The van der Waals surface area contributed by atoms with Crippen LogP contribution >= 0.6 is 0 Å². The summed E-state index contributed by atoms with van der Waals surface area (Å²) in [6.45, 7) is 2.04. The van der Waals surface area contributed by atoms with Crippen molar-refractivity contribution in [2.45, 2.75) is 6.92 Å². The number of rotatable bonds is 5. The molecule has 4 aromatic rings. The molecule has 132 valence electrons. The van der Waals surface area contributed by atoms with Crippen molar-refractivity contribution in [3.05, 3.63) is 91.0 Å². The maximum atomic E-state index is 6.01. The van der Waals surface area contributed by atoms with Gasteiger partial charge in [0.2, 0.25) is 5.88 Å². The van der Waals surface area contributed by atoms with Gasteiger partial charge in [-0.2, -0.15) is 0 Å². The van der Waals surface area contributed by atoms with Gasteiger partial charge >= 0.3 is 0 Å². The first-order valence-corrected chi connectivity index (χ1v) is 8.61. The second-order valence-electron chi connectivity index (χ2n) is 6.06. The van der Waals surface area contributed by atoms with E-state index in [0.717, 1.165) is 28.2 Å². The first kappa shape index (κ1) is 16.7. The van der Waals surface area contributed by atoms with Crippen LogP contribution in [-0.4, -0.2) is 15.0 Å². The van der Waals surface area contributed by atoms with Crippen molar-refractivity contribution >= 4 is 11.5 Å². The number of nitrogens with zero attached hydrogens (tertiary/aromatic N) is 3. The largest absolute Gasteiger partial charge is 0.438 e. The van der Waals surface area contributed by atoms with E-state index in [2.05, 4.69) is 20.3 Å². The number of pyridine rings is 3. The fraction of sp³-hybridized carbons (Fsp3) is 0.0455. The van der Waals surface area contributed by atoms with Crippen LogP contribution in [0.1, 0.15) is 5.56 Å². The average molecular weight is 354 g/mol. The van der Waals surface area contributed by atoms with Crippen molar-refractivity contribution in [2.24, 2.45) is 0 Å². The average Bonchev–Trinajstić information content (AvgIpc) is 2.71. The van der Waals surface area contributed by atoms with Crippen LogP contribution in [0.2, 0.25) is 0 Å². The molecule has 5 nitrogen and oxygen atoms in total. The fourth-order valence-corrected chi connectivity index (χ4v) is 2.69. The first-order chi connectivity index (χ1) is 13.3. The van der Waals surface area contributed by atoms with Gasteiger partial charge in [-0.1, -0.05) is 0 Å². The third kappa shape index (κ3) is 4.10. The van der Waals surface area contributed by atoms with Gasteiger partial charge in [-0.05, 0) is 78.7 Å². The Bertz CT molecular complexity index is 1030. The van der Waals surface area contributed by atoms with Crippen LogP contribution in [0.4, 0.5) is 11.5 Å². The van der Waals surface area contributed by atoms with Gasteiger partial charge in [0.1, 0.15) is 11.6 Å². The molecule has 1 aromatic carbocycles. The van der Waals surface area contributed by atoms with Crippen LogP contribution in [-0.2, 0) is 0 Å². The Morgan fingerprint density at radius 1 is 0.815 bits per heavy atom. The van der Waals surface area contributed by atoms with Crippen molar-refractivity contribution in [1.29, 1.82) is 0 Å². The van der Waals surface area contributed by atoms with E-state index >= 15 is 0 Å². The van der Waals surface area contributed by atoms with E-state index in [-0.39, 0.29) is 0 Å².